The summed E-state index contributed by atoms with van der Waals surface area (Å²) in [5.41, 5.74) is 2.29. The first-order valence-electron chi connectivity index (χ1n) is 6.93. The van der Waals surface area contributed by atoms with Crippen molar-refractivity contribution in [3.63, 3.8) is 0 Å². The predicted molar refractivity (Wildman–Crippen MR) is 83.0 cm³/mol. The van der Waals surface area contributed by atoms with E-state index in [4.69, 9.17) is 0 Å². The first-order chi connectivity index (χ1) is 10.1. The lowest BCUT2D eigenvalue weighted by atomic mass is 10.2. The number of anilines is 1. The molecule has 0 bridgehead atoms. The summed E-state index contributed by atoms with van der Waals surface area (Å²) in [5, 5.41) is 2.80. The number of hydrogen-bond acceptors (Lipinski definition) is 4. The van der Waals surface area contributed by atoms with Crippen molar-refractivity contribution in [2.75, 3.05) is 25.5 Å². The van der Waals surface area contributed by atoms with Crippen molar-refractivity contribution in [1.29, 1.82) is 0 Å². The van der Waals surface area contributed by atoms with Gasteiger partial charge in [-0.2, -0.15) is 0 Å². The fraction of sp³-hybridized carbons (Fsp3) is 0.312. The average molecular weight is 284 g/mol. The van der Waals surface area contributed by atoms with Gasteiger partial charge in [0.05, 0.1) is 6.54 Å². The summed E-state index contributed by atoms with van der Waals surface area (Å²) in [6.07, 6.45) is 6.20. The zero-order valence-electron chi connectivity index (χ0n) is 12.4. The number of pyridine rings is 2. The van der Waals surface area contributed by atoms with Crippen molar-refractivity contribution in [3.8, 4) is 0 Å². The minimum Gasteiger partial charge on any atom is -0.310 e. The fourth-order valence-corrected chi connectivity index (χ4v) is 1.92. The molecule has 0 saturated heterocycles. The molecule has 2 aromatic rings. The van der Waals surface area contributed by atoms with Gasteiger partial charge < -0.3 is 5.32 Å². The Morgan fingerprint density at radius 1 is 1.24 bits per heavy atom. The molecule has 0 aliphatic heterocycles. The molecule has 2 aromatic heterocycles. The molecule has 0 aliphatic rings. The van der Waals surface area contributed by atoms with Crippen LogP contribution in [0, 0.1) is 6.92 Å². The second-order valence-corrected chi connectivity index (χ2v) is 5.11. The molecule has 0 spiro atoms. The molecule has 0 aliphatic carbocycles. The highest BCUT2D eigenvalue weighted by atomic mass is 16.2. The molecule has 1 N–H and O–H groups in total. The number of carbonyl (C=O) groups excluding carboxylic acids is 1. The summed E-state index contributed by atoms with van der Waals surface area (Å²) in [6.45, 7) is 3.13. The third kappa shape index (κ3) is 5.31. The summed E-state index contributed by atoms with van der Waals surface area (Å²) < 4.78 is 0. The van der Waals surface area contributed by atoms with Gasteiger partial charge in [-0.3, -0.25) is 14.7 Å². The van der Waals surface area contributed by atoms with Gasteiger partial charge in [0.1, 0.15) is 5.82 Å². The molecule has 0 fully saturated rings. The minimum absolute atomic E-state index is 0.0522. The number of nitrogens with one attached hydrogen (secondary N) is 1. The Balaban J connectivity index is 1.75. The van der Waals surface area contributed by atoms with Crippen LogP contribution in [-0.4, -0.2) is 40.9 Å². The molecule has 1 amide bonds. The molecule has 21 heavy (non-hydrogen) atoms. The van der Waals surface area contributed by atoms with Crippen LogP contribution in [0.1, 0.15) is 11.1 Å². The largest absolute Gasteiger partial charge is 0.310 e. The molecule has 0 saturated carbocycles. The standard InChI is InChI=1S/C16H20N4O/c1-13-3-4-15(18-11-13)19-16(21)12-20(2)10-7-14-5-8-17-9-6-14/h3-6,8-9,11H,7,10,12H2,1-2H3,(H,18,19,21). The van der Waals surface area contributed by atoms with Crippen LogP contribution in [0.25, 0.3) is 0 Å². The molecular formula is C16H20N4O. The summed E-state index contributed by atoms with van der Waals surface area (Å²) >= 11 is 0. The third-order valence-corrected chi connectivity index (χ3v) is 3.12. The fourth-order valence-electron chi connectivity index (χ4n) is 1.92. The number of carbonyl (C=O) groups is 1. The molecule has 0 unspecified atom stereocenters. The Labute approximate surface area is 125 Å². The number of aryl methyl sites for hydroxylation is 1. The van der Waals surface area contributed by atoms with E-state index in [9.17, 15) is 4.79 Å². The normalized spacial score (nSPS) is 10.6. The summed E-state index contributed by atoms with van der Waals surface area (Å²) in [7, 11) is 1.93. The second-order valence-electron chi connectivity index (χ2n) is 5.11. The molecule has 2 heterocycles. The van der Waals surface area contributed by atoms with Crippen molar-refractivity contribution in [2.45, 2.75) is 13.3 Å². The number of amides is 1. The van der Waals surface area contributed by atoms with Gasteiger partial charge in [0.25, 0.3) is 0 Å². The predicted octanol–water partition coefficient (Wildman–Crippen LogP) is 1.90. The molecule has 5 heteroatoms. The zero-order chi connectivity index (χ0) is 15.1. The lowest BCUT2D eigenvalue weighted by Crippen LogP contribution is -2.31. The molecule has 0 aromatic carbocycles. The SMILES string of the molecule is Cc1ccc(NC(=O)CN(C)CCc2ccncc2)nc1. The molecule has 0 atom stereocenters. The zero-order valence-corrected chi connectivity index (χ0v) is 12.4. The van der Waals surface area contributed by atoms with E-state index in [1.54, 1.807) is 18.6 Å². The Morgan fingerprint density at radius 2 is 2.00 bits per heavy atom. The highest BCUT2D eigenvalue weighted by Crippen LogP contribution is 2.04. The molecule has 2 rings (SSSR count). The highest BCUT2D eigenvalue weighted by molar-refractivity contribution is 5.91. The number of likely N-dealkylation sites (N-methyl/N-ethyl adjacent to an activating group) is 1. The first-order valence-corrected chi connectivity index (χ1v) is 6.93. The van der Waals surface area contributed by atoms with Gasteiger partial charge in [0.15, 0.2) is 0 Å². The topological polar surface area (TPSA) is 58.1 Å². The van der Waals surface area contributed by atoms with Crippen LogP contribution in [0.2, 0.25) is 0 Å². The Morgan fingerprint density at radius 3 is 2.67 bits per heavy atom. The lowest BCUT2D eigenvalue weighted by Gasteiger charge is -2.16. The van der Waals surface area contributed by atoms with Gasteiger partial charge in [-0.1, -0.05) is 6.07 Å². The molecule has 0 radical (unpaired) electrons. The van der Waals surface area contributed by atoms with E-state index in [1.165, 1.54) is 5.56 Å². The van der Waals surface area contributed by atoms with Crippen LogP contribution in [0.4, 0.5) is 5.82 Å². The summed E-state index contributed by atoms with van der Waals surface area (Å²) in [6, 6.07) is 7.72. The van der Waals surface area contributed by atoms with E-state index in [-0.39, 0.29) is 5.91 Å². The van der Waals surface area contributed by atoms with Crippen LogP contribution in [0.3, 0.4) is 0 Å². The quantitative estimate of drug-likeness (QED) is 0.880. The Hall–Kier alpha value is -2.27. The highest BCUT2D eigenvalue weighted by Gasteiger charge is 2.07. The monoisotopic (exact) mass is 284 g/mol. The second kappa shape index (κ2) is 7.50. The molecule has 5 nitrogen and oxygen atoms in total. The van der Waals surface area contributed by atoms with Crippen LogP contribution in [-0.2, 0) is 11.2 Å². The molecular weight excluding hydrogens is 264 g/mol. The van der Waals surface area contributed by atoms with E-state index in [0.717, 1.165) is 18.5 Å². The van der Waals surface area contributed by atoms with Crippen molar-refractivity contribution in [1.82, 2.24) is 14.9 Å². The van der Waals surface area contributed by atoms with Crippen molar-refractivity contribution in [2.24, 2.45) is 0 Å². The van der Waals surface area contributed by atoms with E-state index in [0.29, 0.717) is 12.4 Å². The van der Waals surface area contributed by atoms with Crippen LogP contribution < -0.4 is 5.32 Å². The van der Waals surface area contributed by atoms with Gasteiger partial charge >= 0.3 is 0 Å². The minimum atomic E-state index is -0.0522. The number of hydrogen-bond donors (Lipinski definition) is 1. The van der Waals surface area contributed by atoms with Gasteiger partial charge in [-0.05, 0) is 49.7 Å². The smallest absolute Gasteiger partial charge is 0.239 e. The van der Waals surface area contributed by atoms with E-state index in [1.807, 2.05) is 43.1 Å². The first kappa shape index (κ1) is 15.1. The summed E-state index contributed by atoms with van der Waals surface area (Å²) in [5.74, 6) is 0.539. The van der Waals surface area contributed by atoms with E-state index < -0.39 is 0 Å². The third-order valence-electron chi connectivity index (χ3n) is 3.12. The Bertz CT molecular complexity index is 569. The van der Waals surface area contributed by atoms with Crippen molar-refractivity contribution >= 4 is 11.7 Å². The maximum absolute atomic E-state index is 11.9. The number of nitrogens with zero attached hydrogens (tertiary/aromatic N) is 3. The maximum atomic E-state index is 11.9. The van der Waals surface area contributed by atoms with Gasteiger partial charge in [0.2, 0.25) is 5.91 Å². The van der Waals surface area contributed by atoms with Crippen molar-refractivity contribution in [3.05, 3.63) is 54.0 Å². The lowest BCUT2D eigenvalue weighted by molar-refractivity contribution is -0.117. The van der Waals surface area contributed by atoms with E-state index >= 15 is 0 Å². The van der Waals surface area contributed by atoms with E-state index in [2.05, 4.69) is 15.3 Å². The number of aromatic nitrogens is 2. The molecule has 110 valence electrons. The van der Waals surface area contributed by atoms with Crippen LogP contribution >= 0.6 is 0 Å². The average Bonchev–Trinajstić information content (AvgIpc) is 2.48. The number of rotatable bonds is 6. The van der Waals surface area contributed by atoms with Gasteiger partial charge in [-0.25, -0.2) is 4.98 Å². The van der Waals surface area contributed by atoms with Crippen LogP contribution in [0.5, 0.6) is 0 Å². The Kier molecular flexibility index (Phi) is 5.40. The van der Waals surface area contributed by atoms with Crippen LogP contribution in [0.15, 0.2) is 42.9 Å². The summed E-state index contributed by atoms with van der Waals surface area (Å²) in [4.78, 5) is 22.1. The van der Waals surface area contributed by atoms with Gasteiger partial charge in [0, 0.05) is 25.1 Å². The maximum Gasteiger partial charge on any atom is 0.239 e. The van der Waals surface area contributed by atoms with Gasteiger partial charge in [-0.15, -0.1) is 0 Å². The van der Waals surface area contributed by atoms with Crippen molar-refractivity contribution < 1.29 is 4.79 Å².